The third kappa shape index (κ3) is 3.21. The van der Waals surface area contributed by atoms with Crippen molar-refractivity contribution in [2.75, 3.05) is 6.54 Å². The lowest BCUT2D eigenvalue weighted by Crippen LogP contribution is -2.43. The monoisotopic (exact) mass is 366 g/mol. The van der Waals surface area contributed by atoms with Crippen LogP contribution in [0.4, 0.5) is 0 Å². The maximum absolute atomic E-state index is 12.9. The van der Waals surface area contributed by atoms with Gasteiger partial charge >= 0.3 is 5.97 Å². The highest BCUT2D eigenvalue weighted by Gasteiger charge is 2.37. The number of benzene rings is 1. The summed E-state index contributed by atoms with van der Waals surface area (Å²) in [6.45, 7) is 2.59. The van der Waals surface area contributed by atoms with Gasteiger partial charge in [0.1, 0.15) is 6.54 Å². The Bertz CT molecular complexity index is 1010. The summed E-state index contributed by atoms with van der Waals surface area (Å²) in [6.07, 6.45) is 4.18. The SMILES string of the molecule is Cc1cnn(Cc2cc(C(=O)N3CCc4ccccc4C3C(=O)O)no2)c1. The van der Waals surface area contributed by atoms with Crippen LogP contribution in [0, 0.1) is 6.92 Å². The van der Waals surface area contributed by atoms with Crippen LogP contribution in [-0.4, -0.2) is 43.4 Å². The summed E-state index contributed by atoms with van der Waals surface area (Å²) in [5.41, 5.74) is 2.70. The smallest absolute Gasteiger partial charge is 0.331 e. The highest BCUT2D eigenvalue weighted by molar-refractivity contribution is 5.95. The molecule has 1 aliphatic rings. The van der Waals surface area contributed by atoms with Crippen LogP contribution in [0.25, 0.3) is 0 Å². The Morgan fingerprint density at radius 3 is 2.89 bits per heavy atom. The molecule has 0 saturated heterocycles. The zero-order valence-electron chi connectivity index (χ0n) is 14.7. The number of aliphatic carboxylic acids is 1. The molecule has 0 fully saturated rings. The van der Waals surface area contributed by atoms with Gasteiger partial charge in [-0.25, -0.2) is 4.79 Å². The van der Waals surface area contributed by atoms with E-state index in [2.05, 4.69) is 10.3 Å². The molecule has 8 nitrogen and oxygen atoms in total. The van der Waals surface area contributed by atoms with Gasteiger partial charge in [-0.15, -0.1) is 0 Å². The minimum Gasteiger partial charge on any atom is -0.479 e. The number of hydrogen-bond donors (Lipinski definition) is 1. The molecule has 1 N–H and O–H groups in total. The standard InChI is InChI=1S/C19H18N4O4/c1-12-9-20-22(10-12)11-14-8-16(21-27-14)18(24)23-7-6-13-4-2-3-5-15(13)17(23)19(25)26/h2-5,8-10,17H,6-7,11H2,1H3,(H,25,26). The van der Waals surface area contributed by atoms with Gasteiger partial charge in [-0.1, -0.05) is 29.4 Å². The summed E-state index contributed by atoms with van der Waals surface area (Å²) in [5, 5.41) is 17.7. The molecule has 0 spiro atoms. The molecule has 3 aromatic rings. The van der Waals surface area contributed by atoms with Crippen LogP contribution >= 0.6 is 0 Å². The lowest BCUT2D eigenvalue weighted by atomic mass is 9.92. The molecule has 1 aromatic carbocycles. The molecule has 1 amide bonds. The van der Waals surface area contributed by atoms with Gasteiger partial charge < -0.3 is 14.5 Å². The van der Waals surface area contributed by atoms with Crippen molar-refractivity contribution in [2.24, 2.45) is 0 Å². The van der Waals surface area contributed by atoms with Gasteiger partial charge in [-0.05, 0) is 30.0 Å². The molecule has 2 aromatic heterocycles. The van der Waals surface area contributed by atoms with Gasteiger partial charge in [0.25, 0.3) is 5.91 Å². The summed E-state index contributed by atoms with van der Waals surface area (Å²) >= 11 is 0. The van der Waals surface area contributed by atoms with Crippen LogP contribution in [-0.2, 0) is 17.8 Å². The van der Waals surface area contributed by atoms with Gasteiger partial charge in [0.2, 0.25) is 0 Å². The minimum atomic E-state index is -1.06. The summed E-state index contributed by atoms with van der Waals surface area (Å²) in [7, 11) is 0. The number of hydrogen-bond acceptors (Lipinski definition) is 5. The van der Waals surface area contributed by atoms with E-state index >= 15 is 0 Å². The maximum atomic E-state index is 12.9. The molecule has 0 aliphatic carbocycles. The van der Waals surface area contributed by atoms with Crippen molar-refractivity contribution >= 4 is 11.9 Å². The number of aromatic nitrogens is 3. The van der Waals surface area contributed by atoms with E-state index in [1.54, 1.807) is 29.1 Å². The quantitative estimate of drug-likeness (QED) is 0.758. The van der Waals surface area contributed by atoms with E-state index in [0.29, 0.717) is 30.8 Å². The van der Waals surface area contributed by atoms with Crippen LogP contribution < -0.4 is 0 Å². The summed E-state index contributed by atoms with van der Waals surface area (Å²) < 4.78 is 6.93. The van der Waals surface area contributed by atoms with Gasteiger partial charge in [0, 0.05) is 18.8 Å². The van der Waals surface area contributed by atoms with Gasteiger partial charge in [-0.3, -0.25) is 9.48 Å². The predicted molar refractivity (Wildman–Crippen MR) is 94.1 cm³/mol. The van der Waals surface area contributed by atoms with Crippen molar-refractivity contribution in [3.8, 4) is 0 Å². The highest BCUT2D eigenvalue weighted by atomic mass is 16.5. The lowest BCUT2D eigenvalue weighted by Gasteiger charge is -2.34. The summed E-state index contributed by atoms with van der Waals surface area (Å²) in [6, 6.07) is 7.81. The average molecular weight is 366 g/mol. The Kier molecular flexibility index (Phi) is 4.23. The molecule has 0 bridgehead atoms. The second-order valence-corrected chi connectivity index (χ2v) is 6.58. The number of carboxylic acids is 1. The normalized spacial score (nSPS) is 16.2. The first kappa shape index (κ1) is 17.0. The Hall–Kier alpha value is -3.42. The molecule has 0 radical (unpaired) electrons. The van der Waals surface area contributed by atoms with Crippen molar-refractivity contribution in [3.05, 3.63) is 70.9 Å². The molecule has 3 heterocycles. The van der Waals surface area contributed by atoms with E-state index in [-0.39, 0.29) is 5.69 Å². The number of rotatable bonds is 4. The molecule has 138 valence electrons. The zero-order valence-corrected chi connectivity index (χ0v) is 14.7. The Labute approximate surface area is 155 Å². The molecule has 1 aliphatic heterocycles. The van der Waals surface area contributed by atoms with Crippen LogP contribution in [0.1, 0.15) is 39.0 Å². The first-order valence-electron chi connectivity index (χ1n) is 8.59. The van der Waals surface area contributed by atoms with E-state index in [1.807, 2.05) is 25.3 Å². The fraction of sp³-hybridized carbons (Fsp3) is 0.263. The van der Waals surface area contributed by atoms with E-state index in [9.17, 15) is 14.7 Å². The number of carbonyl (C=O) groups is 2. The van der Waals surface area contributed by atoms with E-state index in [4.69, 9.17) is 4.52 Å². The predicted octanol–water partition coefficient (Wildman–Crippen LogP) is 2.05. The Morgan fingerprint density at radius 1 is 1.33 bits per heavy atom. The third-order valence-corrected chi connectivity index (χ3v) is 4.64. The number of aryl methyl sites for hydroxylation is 1. The van der Waals surface area contributed by atoms with Gasteiger partial charge in [0.05, 0.1) is 6.20 Å². The van der Waals surface area contributed by atoms with Gasteiger partial charge in [-0.2, -0.15) is 5.10 Å². The highest BCUT2D eigenvalue weighted by Crippen LogP contribution is 2.31. The summed E-state index contributed by atoms with van der Waals surface area (Å²) in [5.74, 6) is -1.04. The van der Waals surface area contributed by atoms with Crippen LogP contribution in [0.15, 0.2) is 47.2 Å². The van der Waals surface area contributed by atoms with E-state index in [0.717, 1.165) is 11.1 Å². The Balaban J connectivity index is 1.58. The number of fused-ring (bicyclic) bond motifs is 1. The first-order valence-corrected chi connectivity index (χ1v) is 8.59. The second-order valence-electron chi connectivity index (χ2n) is 6.58. The number of carbonyl (C=O) groups excluding carboxylic acids is 1. The molecule has 0 saturated carbocycles. The molecule has 27 heavy (non-hydrogen) atoms. The van der Waals surface area contributed by atoms with Crippen molar-refractivity contribution in [1.29, 1.82) is 0 Å². The van der Waals surface area contributed by atoms with Crippen LogP contribution in [0.2, 0.25) is 0 Å². The Morgan fingerprint density at radius 2 is 2.15 bits per heavy atom. The lowest BCUT2D eigenvalue weighted by molar-refractivity contribution is -0.143. The summed E-state index contributed by atoms with van der Waals surface area (Å²) in [4.78, 5) is 26.1. The third-order valence-electron chi connectivity index (χ3n) is 4.64. The first-order chi connectivity index (χ1) is 13.0. The van der Waals surface area contributed by atoms with E-state index in [1.165, 1.54) is 4.90 Å². The average Bonchev–Trinajstić information content (AvgIpc) is 3.29. The van der Waals surface area contributed by atoms with Crippen LogP contribution in [0.5, 0.6) is 0 Å². The molecule has 8 heteroatoms. The van der Waals surface area contributed by atoms with Crippen LogP contribution in [0.3, 0.4) is 0 Å². The number of amides is 1. The van der Waals surface area contributed by atoms with Gasteiger partial charge in [0.15, 0.2) is 17.5 Å². The molecular weight excluding hydrogens is 348 g/mol. The van der Waals surface area contributed by atoms with E-state index < -0.39 is 17.9 Å². The van der Waals surface area contributed by atoms with Crippen molar-refractivity contribution in [3.63, 3.8) is 0 Å². The van der Waals surface area contributed by atoms with Crippen molar-refractivity contribution in [1.82, 2.24) is 19.8 Å². The fourth-order valence-corrected chi connectivity index (χ4v) is 3.40. The van der Waals surface area contributed by atoms with Crippen molar-refractivity contribution < 1.29 is 19.2 Å². The largest absolute Gasteiger partial charge is 0.479 e. The fourth-order valence-electron chi connectivity index (χ4n) is 3.40. The molecule has 1 atom stereocenters. The van der Waals surface area contributed by atoms with Crippen molar-refractivity contribution in [2.45, 2.75) is 25.9 Å². The molecular formula is C19H18N4O4. The maximum Gasteiger partial charge on any atom is 0.331 e. The number of nitrogens with zero attached hydrogens (tertiary/aromatic N) is 4. The molecule has 1 unspecified atom stereocenters. The minimum absolute atomic E-state index is 0.0968. The number of carboxylic acid groups (broad SMARTS) is 1. The molecule has 4 rings (SSSR count). The zero-order chi connectivity index (χ0) is 19.0. The topological polar surface area (TPSA) is 101 Å². The second kappa shape index (κ2) is 6.71.